The normalized spacial score (nSPS) is 12.8. The Kier molecular flexibility index (Phi) is 5.31. The van der Waals surface area contributed by atoms with Crippen LogP contribution in [0.4, 0.5) is 0 Å². The summed E-state index contributed by atoms with van der Waals surface area (Å²) >= 11 is 3.42. The van der Waals surface area contributed by atoms with Gasteiger partial charge >= 0.3 is 0 Å². The number of thiazole rings is 1. The zero-order valence-electron chi connectivity index (χ0n) is 10.4. The lowest BCUT2D eigenvalue weighted by atomic mass is 10.2. The van der Waals surface area contributed by atoms with Crippen LogP contribution < -0.4 is 5.32 Å². The number of aliphatic hydroxyl groups is 1. The van der Waals surface area contributed by atoms with Gasteiger partial charge < -0.3 is 10.4 Å². The van der Waals surface area contributed by atoms with Gasteiger partial charge in [0.25, 0.3) is 0 Å². The van der Waals surface area contributed by atoms with Crippen LogP contribution in [0.5, 0.6) is 0 Å². The van der Waals surface area contributed by atoms with Gasteiger partial charge in [0, 0.05) is 28.6 Å². The number of hydrogen-bond acceptors (Lipinski definition) is 5. The lowest BCUT2D eigenvalue weighted by Gasteiger charge is -2.07. The van der Waals surface area contributed by atoms with Crippen molar-refractivity contribution in [1.29, 1.82) is 0 Å². The van der Waals surface area contributed by atoms with Crippen LogP contribution in [-0.2, 0) is 6.54 Å². The molecule has 0 saturated carbocycles. The number of aliphatic hydroxyl groups excluding tert-OH is 1. The Morgan fingerprint density at radius 2 is 2.39 bits per heavy atom. The molecule has 98 valence electrons. The van der Waals surface area contributed by atoms with E-state index in [2.05, 4.69) is 27.1 Å². The van der Waals surface area contributed by atoms with Crippen LogP contribution >= 0.6 is 22.7 Å². The lowest BCUT2D eigenvalue weighted by molar-refractivity contribution is 0.160. The van der Waals surface area contributed by atoms with Crippen molar-refractivity contribution in [2.24, 2.45) is 0 Å². The second-order valence-corrected chi connectivity index (χ2v) is 6.07. The fourth-order valence-electron chi connectivity index (χ4n) is 1.59. The first-order valence-electron chi connectivity index (χ1n) is 6.15. The largest absolute Gasteiger partial charge is 0.393 e. The molecule has 2 aromatic heterocycles. The van der Waals surface area contributed by atoms with E-state index in [1.165, 1.54) is 10.4 Å². The highest BCUT2D eigenvalue weighted by Crippen LogP contribution is 2.26. The Labute approximate surface area is 116 Å². The highest BCUT2D eigenvalue weighted by Gasteiger charge is 2.05. The molecule has 0 spiro atoms. The Hall–Kier alpha value is -0.750. The zero-order valence-corrected chi connectivity index (χ0v) is 12.1. The third-order valence-electron chi connectivity index (χ3n) is 2.75. The van der Waals surface area contributed by atoms with E-state index in [0.717, 1.165) is 30.9 Å². The van der Waals surface area contributed by atoms with Crippen LogP contribution in [0.2, 0.25) is 0 Å². The molecule has 1 atom stereocenters. The average molecular weight is 282 g/mol. The van der Waals surface area contributed by atoms with Crippen molar-refractivity contribution < 1.29 is 5.11 Å². The van der Waals surface area contributed by atoms with Crippen LogP contribution in [0.15, 0.2) is 23.0 Å². The smallest absolute Gasteiger partial charge is 0.124 e. The highest BCUT2D eigenvalue weighted by molar-refractivity contribution is 7.15. The maximum Gasteiger partial charge on any atom is 0.124 e. The third-order valence-corrected chi connectivity index (χ3v) is 4.48. The predicted octanol–water partition coefficient (Wildman–Crippen LogP) is 3.12. The zero-order chi connectivity index (χ0) is 12.8. The molecule has 0 saturated heterocycles. The summed E-state index contributed by atoms with van der Waals surface area (Å²) < 4.78 is 0. The number of nitrogens with one attached hydrogen (secondary N) is 1. The van der Waals surface area contributed by atoms with Gasteiger partial charge in [0.05, 0.1) is 6.10 Å². The van der Waals surface area contributed by atoms with E-state index in [-0.39, 0.29) is 6.10 Å². The van der Waals surface area contributed by atoms with Crippen molar-refractivity contribution in [3.63, 3.8) is 0 Å². The minimum Gasteiger partial charge on any atom is -0.393 e. The van der Waals surface area contributed by atoms with E-state index in [4.69, 9.17) is 0 Å². The highest BCUT2D eigenvalue weighted by atomic mass is 32.1. The van der Waals surface area contributed by atoms with Gasteiger partial charge in [-0.25, -0.2) is 4.98 Å². The van der Waals surface area contributed by atoms with Gasteiger partial charge in [-0.3, -0.25) is 0 Å². The third kappa shape index (κ3) is 3.88. The van der Waals surface area contributed by atoms with Crippen molar-refractivity contribution in [3.05, 3.63) is 27.9 Å². The molecule has 2 N–H and O–H groups in total. The Morgan fingerprint density at radius 3 is 3.11 bits per heavy atom. The first-order valence-corrected chi connectivity index (χ1v) is 7.91. The number of thiophene rings is 1. The van der Waals surface area contributed by atoms with Crippen LogP contribution in [0, 0.1) is 0 Å². The molecule has 2 rings (SSSR count). The molecule has 0 radical (unpaired) electrons. The molecular formula is C13H18N2OS2. The van der Waals surface area contributed by atoms with E-state index in [1.807, 2.05) is 13.1 Å². The molecule has 0 aliphatic heterocycles. The van der Waals surface area contributed by atoms with E-state index in [9.17, 15) is 5.11 Å². The van der Waals surface area contributed by atoms with Crippen LogP contribution in [0.1, 0.15) is 24.6 Å². The van der Waals surface area contributed by atoms with Gasteiger partial charge in [0.1, 0.15) is 5.01 Å². The molecule has 0 aromatic carbocycles. The molecule has 0 fully saturated rings. The van der Waals surface area contributed by atoms with E-state index < -0.39 is 0 Å². The number of rotatable bonds is 7. The van der Waals surface area contributed by atoms with Crippen molar-refractivity contribution in [1.82, 2.24) is 10.3 Å². The molecule has 0 aliphatic rings. The first-order chi connectivity index (χ1) is 8.79. The number of aromatic nitrogens is 1. The molecule has 2 aromatic rings. The number of nitrogens with zero attached hydrogens (tertiary/aromatic N) is 1. The summed E-state index contributed by atoms with van der Waals surface area (Å²) in [6, 6.07) is 2.10. The average Bonchev–Trinajstić information content (AvgIpc) is 3.04. The topological polar surface area (TPSA) is 45.1 Å². The van der Waals surface area contributed by atoms with Crippen molar-refractivity contribution in [2.75, 3.05) is 6.54 Å². The minimum atomic E-state index is -0.180. The van der Waals surface area contributed by atoms with Crippen molar-refractivity contribution in [2.45, 2.75) is 32.4 Å². The van der Waals surface area contributed by atoms with Gasteiger partial charge in [-0.15, -0.1) is 11.3 Å². The maximum atomic E-state index is 9.44. The summed E-state index contributed by atoms with van der Waals surface area (Å²) in [6.45, 7) is 3.68. The first kappa shape index (κ1) is 13.7. The summed E-state index contributed by atoms with van der Waals surface area (Å²) in [4.78, 5) is 5.66. The molecule has 3 nitrogen and oxygen atoms in total. The van der Waals surface area contributed by atoms with Crippen molar-refractivity contribution >= 4 is 22.7 Å². The summed E-state index contributed by atoms with van der Waals surface area (Å²) in [5, 5.41) is 18.0. The van der Waals surface area contributed by atoms with Crippen LogP contribution in [0.25, 0.3) is 10.6 Å². The predicted molar refractivity (Wildman–Crippen MR) is 78.0 cm³/mol. The van der Waals surface area contributed by atoms with Gasteiger partial charge in [-0.1, -0.05) is 6.92 Å². The molecular weight excluding hydrogens is 264 g/mol. The summed E-state index contributed by atoms with van der Waals surface area (Å²) in [6.07, 6.45) is 3.39. The Bertz CT molecular complexity index is 453. The van der Waals surface area contributed by atoms with Crippen LogP contribution in [-0.4, -0.2) is 22.7 Å². The molecule has 2 heterocycles. The molecule has 1 unspecified atom stereocenters. The molecule has 0 amide bonds. The molecule has 0 bridgehead atoms. The lowest BCUT2D eigenvalue weighted by Crippen LogP contribution is -2.19. The summed E-state index contributed by atoms with van der Waals surface area (Å²) in [7, 11) is 0. The molecule has 0 aliphatic carbocycles. The molecule has 5 heteroatoms. The maximum absolute atomic E-state index is 9.44. The Morgan fingerprint density at radius 1 is 1.50 bits per heavy atom. The Balaban J connectivity index is 1.77. The van der Waals surface area contributed by atoms with Crippen molar-refractivity contribution in [3.8, 4) is 10.6 Å². The molecule has 18 heavy (non-hydrogen) atoms. The summed E-state index contributed by atoms with van der Waals surface area (Å²) in [5.41, 5.74) is 1.21. The number of hydrogen-bond donors (Lipinski definition) is 2. The fraction of sp³-hybridized carbons (Fsp3) is 0.462. The monoisotopic (exact) mass is 282 g/mol. The second-order valence-electron chi connectivity index (χ2n) is 4.17. The van der Waals surface area contributed by atoms with E-state index in [1.54, 1.807) is 22.7 Å². The van der Waals surface area contributed by atoms with E-state index in [0.29, 0.717) is 0 Å². The standard InChI is InChI=1S/C13H18N2OS2/c1-2-11(16)3-5-14-7-12-8-15-13(18-12)10-4-6-17-9-10/h4,6,8-9,11,14,16H,2-3,5,7H2,1H3. The fourth-order valence-corrected chi connectivity index (χ4v) is 3.19. The van der Waals surface area contributed by atoms with Gasteiger partial charge in [-0.05, 0) is 30.8 Å². The quantitative estimate of drug-likeness (QED) is 0.767. The van der Waals surface area contributed by atoms with E-state index >= 15 is 0 Å². The minimum absolute atomic E-state index is 0.180. The van der Waals surface area contributed by atoms with Crippen LogP contribution in [0.3, 0.4) is 0 Å². The van der Waals surface area contributed by atoms with Gasteiger partial charge in [0.15, 0.2) is 0 Å². The summed E-state index contributed by atoms with van der Waals surface area (Å²) in [5.74, 6) is 0. The SMILES string of the molecule is CCC(O)CCNCc1cnc(-c2ccsc2)s1. The second kappa shape index (κ2) is 6.99. The van der Waals surface area contributed by atoms with Gasteiger partial charge in [-0.2, -0.15) is 11.3 Å². The van der Waals surface area contributed by atoms with Gasteiger partial charge in [0.2, 0.25) is 0 Å².